The van der Waals surface area contributed by atoms with Gasteiger partial charge in [0, 0.05) is 10.9 Å². The lowest BCUT2D eigenvalue weighted by molar-refractivity contribution is -0.0263. The van der Waals surface area contributed by atoms with Gasteiger partial charge in [-0.05, 0) is 67.5 Å². The average molecular weight is 467 g/mol. The molecule has 2 atom stereocenters. The van der Waals surface area contributed by atoms with Crippen LogP contribution < -0.4 is 4.74 Å². The van der Waals surface area contributed by atoms with E-state index in [2.05, 4.69) is 0 Å². The number of ether oxygens (including phenoxy) is 1. The third-order valence-corrected chi connectivity index (χ3v) is 10.7. The van der Waals surface area contributed by atoms with E-state index in [0.29, 0.717) is 11.4 Å². The van der Waals surface area contributed by atoms with E-state index >= 15 is 4.39 Å². The molecule has 0 aromatic heterocycles. The van der Waals surface area contributed by atoms with E-state index in [4.69, 9.17) is 16.3 Å². The quantitative estimate of drug-likeness (QED) is 0.512. The molecule has 2 fully saturated rings. The molecule has 31 heavy (non-hydrogen) atoms. The van der Waals surface area contributed by atoms with E-state index in [1.165, 1.54) is 24.3 Å². The molecule has 1 heterocycles. The summed E-state index contributed by atoms with van der Waals surface area (Å²) in [4.78, 5) is 0.0891. The molecule has 3 nitrogen and oxygen atoms in total. The Labute approximate surface area is 186 Å². The summed E-state index contributed by atoms with van der Waals surface area (Å²) in [6.45, 7) is 0.0835. The van der Waals surface area contributed by atoms with Crippen LogP contribution >= 0.6 is 11.6 Å². The van der Waals surface area contributed by atoms with E-state index in [1.54, 1.807) is 0 Å². The molecule has 2 saturated carbocycles. The Morgan fingerprint density at radius 3 is 2.23 bits per heavy atom. The van der Waals surface area contributed by atoms with Crippen LogP contribution in [0.15, 0.2) is 41.3 Å². The molecule has 2 aromatic rings. The molecule has 0 unspecified atom stereocenters. The SMILES string of the molecule is O=S(=O)(c1ccc(Cl)cc1)[C@@]12CCCC3(CCCCC3)[C@@H]1COc1c(F)ccc(F)c12. The van der Waals surface area contributed by atoms with Gasteiger partial charge in [0.05, 0.1) is 17.1 Å². The van der Waals surface area contributed by atoms with Gasteiger partial charge in [0.25, 0.3) is 0 Å². The molecular formula is C24H25ClF2O3S. The van der Waals surface area contributed by atoms with Gasteiger partial charge in [0.15, 0.2) is 21.4 Å². The molecule has 0 saturated heterocycles. The summed E-state index contributed by atoms with van der Waals surface area (Å²) >= 11 is 6.00. The number of halogens is 3. The number of benzene rings is 2. The zero-order valence-corrected chi connectivity index (χ0v) is 18.7. The molecular weight excluding hydrogens is 442 g/mol. The van der Waals surface area contributed by atoms with Crippen LogP contribution in [0.4, 0.5) is 8.78 Å². The molecule has 2 aliphatic carbocycles. The summed E-state index contributed by atoms with van der Waals surface area (Å²) in [7, 11) is -4.07. The van der Waals surface area contributed by atoms with Crippen molar-refractivity contribution in [1.82, 2.24) is 0 Å². The van der Waals surface area contributed by atoms with Gasteiger partial charge in [-0.1, -0.05) is 37.3 Å². The topological polar surface area (TPSA) is 43.4 Å². The molecule has 3 aliphatic rings. The molecule has 5 rings (SSSR count). The van der Waals surface area contributed by atoms with Gasteiger partial charge < -0.3 is 4.74 Å². The maximum Gasteiger partial charge on any atom is 0.188 e. The number of sulfone groups is 1. The Kier molecular flexibility index (Phi) is 5.09. The second-order valence-corrected chi connectivity index (χ2v) is 11.9. The van der Waals surface area contributed by atoms with Crippen LogP contribution in [-0.2, 0) is 14.6 Å². The van der Waals surface area contributed by atoms with Crippen molar-refractivity contribution in [2.24, 2.45) is 11.3 Å². The summed E-state index contributed by atoms with van der Waals surface area (Å²) in [6, 6.07) is 8.04. The Morgan fingerprint density at radius 1 is 0.871 bits per heavy atom. The summed E-state index contributed by atoms with van der Waals surface area (Å²) in [6.07, 6.45) is 6.74. The summed E-state index contributed by atoms with van der Waals surface area (Å²) < 4.78 is 63.0. The minimum atomic E-state index is -4.07. The zero-order valence-electron chi connectivity index (χ0n) is 17.2. The van der Waals surface area contributed by atoms with Crippen molar-refractivity contribution in [2.75, 3.05) is 6.61 Å². The van der Waals surface area contributed by atoms with Gasteiger partial charge in [-0.2, -0.15) is 0 Å². The lowest BCUT2D eigenvalue weighted by Crippen LogP contribution is -2.58. The van der Waals surface area contributed by atoms with E-state index in [-0.39, 0.29) is 34.7 Å². The van der Waals surface area contributed by atoms with Crippen molar-refractivity contribution in [2.45, 2.75) is 61.0 Å². The zero-order chi connectivity index (χ0) is 21.9. The normalized spacial score (nSPS) is 27.3. The van der Waals surface area contributed by atoms with Crippen molar-refractivity contribution in [1.29, 1.82) is 0 Å². The number of fused-ring (bicyclic) bond motifs is 4. The van der Waals surface area contributed by atoms with E-state index in [9.17, 15) is 12.8 Å². The largest absolute Gasteiger partial charge is 0.490 e. The van der Waals surface area contributed by atoms with Crippen LogP contribution in [0.2, 0.25) is 5.02 Å². The van der Waals surface area contributed by atoms with Crippen LogP contribution in [0.3, 0.4) is 0 Å². The first-order valence-electron chi connectivity index (χ1n) is 10.9. The average Bonchev–Trinajstić information content (AvgIpc) is 2.77. The van der Waals surface area contributed by atoms with Crippen LogP contribution in [0.25, 0.3) is 0 Å². The first-order valence-corrected chi connectivity index (χ1v) is 12.8. The number of hydrogen-bond donors (Lipinski definition) is 0. The van der Waals surface area contributed by atoms with Crippen LogP contribution in [0.5, 0.6) is 5.75 Å². The minimum Gasteiger partial charge on any atom is -0.490 e. The Hall–Kier alpha value is -1.66. The second kappa shape index (κ2) is 7.45. The van der Waals surface area contributed by atoms with Gasteiger partial charge in [-0.25, -0.2) is 17.2 Å². The van der Waals surface area contributed by atoms with Crippen LogP contribution in [0.1, 0.15) is 56.9 Å². The maximum atomic E-state index is 15.4. The molecule has 166 valence electrons. The second-order valence-electron chi connectivity index (χ2n) is 9.22. The van der Waals surface area contributed by atoms with Crippen LogP contribution in [-0.4, -0.2) is 15.0 Å². The molecule has 1 spiro atoms. The van der Waals surface area contributed by atoms with Crippen molar-refractivity contribution >= 4 is 21.4 Å². The van der Waals surface area contributed by atoms with Crippen molar-refractivity contribution in [3.8, 4) is 5.75 Å². The number of hydrogen-bond acceptors (Lipinski definition) is 3. The van der Waals surface area contributed by atoms with Crippen molar-refractivity contribution in [3.63, 3.8) is 0 Å². The predicted octanol–water partition coefficient (Wildman–Crippen LogP) is 6.43. The highest BCUT2D eigenvalue weighted by Gasteiger charge is 2.64. The predicted molar refractivity (Wildman–Crippen MR) is 115 cm³/mol. The standard InChI is InChI=1S/C24H25ClF2O3S/c25-16-5-7-17(8-6-16)31(28,29)24-14-4-13-23(11-2-1-3-12-23)20(24)15-30-22-19(27)10-9-18(26)21(22)24/h5-10,20H,1-4,11-15H2/t20-,24-/m0/s1. The summed E-state index contributed by atoms with van der Waals surface area (Å²) in [5.41, 5.74) is -0.366. The smallest absolute Gasteiger partial charge is 0.188 e. The maximum absolute atomic E-state index is 15.4. The fourth-order valence-corrected chi connectivity index (χ4v) is 9.13. The Morgan fingerprint density at radius 2 is 1.52 bits per heavy atom. The van der Waals surface area contributed by atoms with Crippen molar-refractivity contribution in [3.05, 3.63) is 58.6 Å². The Bertz CT molecular complexity index is 1100. The molecule has 0 radical (unpaired) electrons. The first kappa shape index (κ1) is 21.2. The van der Waals surface area contributed by atoms with E-state index in [1.807, 2.05) is 0 Å². The lowest BCUT2D eigenvalue weighted by Gasteiger charge is -2.57. The summed E-state index contributed by atoms with van der Waals surface area (Å²) in [5.74, 6) is -2.12. The summed E-state index contributed by atoms with van der Waals surface area (Å²) in [5, 5.41) is 0.421. The third-order valence-electron chi connectivity index (χ3n) is 7.85. The van der Waals surface area contributed by atoms with Crippen LogP contribution in [0, 0.1) is 23.0 Å². The molecule has 0 bridgehead atoms. The number of rotatable bonds is 2. The minimum absolute atomic E-state index is 0.0835. The molecule has 1 aliphatic heterocycles. The van der Waals surface area contributed by atoms with E-state index in [0.717, 1.165) is 50.7 Å². The highest BCUT2D eigenvalue weighted by atomic mass is 35.5. The molecule has 2 aromatic carbocycles. The molecule has 0 N–H and O–H groups in total. The third kappa shape index (κ3) is 2.97. The van der Waals surface area contributed by atoms with Gasteiger partial charge in [-0.3, -0.25) is 0 Å². The molecule has 7 heteroatoms. The van der Waals surface area contributed by atoms with Gasteiger partial charge in [0.1, 0.15) is 10.6 Å². The van der Waals surface area contributed by atoms with Gasteiger partial charge in [-0.15, -0.1) is 0 Å². The molecule has 0 amide bonds. The monoisotopic (exact) mass is 466 g/mol. The fraction of sp³-hybridized carbons (Fsp3) is 0.500. The van der Waals surface area contributed by atoms with Gasteiger partial charge in [0.2, 0.25) is 0 Å². The lowest BCUT2D eigenvalue weighted by atomic mass is 9.54. The highest BCUT2D eigenvalue weighted by molar-refractivity contribution is 7.92. The Balaban J connectivity index is 1.81. The fourth-order valence-electron chi connectivity index (χ4n) is 6.53. The van der Waals surface area contributed by atoms with Crippen molar-refractivity contribution < 1.29 is 21.9 Å². The first-order chi connectivity index (χ1) is 14.8. The highest BCUT2D eigenvalue weighted by Crippen LogP contribution is 2.64. The van der Waals surface area contributed by atoms with Gasteiger partial charge >= 0.3 is 0 Å². The van der Waals surface area contributed by atoms with E-state index < -0.39 is 32.1 Å².